The molecule has 3 N–H and O–H groups in total. The molecule has 20 heavy (non-hydrogen) atoms. The van der Waals surface area contributed by atoms with Gasteiger partial charge in [-0.25, -0.2) is 5.84 Å². The van der Waals surface area contributed by atoms with Crippen molar-refractivity contribution >= 4 is 28.5 Å². The predicted octanol–water partition coefficient (Wildman–Crippen LogP) is 3.36. The second-order valence-corrected chi connectivity index (χ2v) is 4.72. The second-order valence-electron chi connectivity index (χ2n) is 4.31. The average Bonchev–Trinajstić information content (AvgIpc) is 2.90. The Bertz CT molecular complexity index is 795. The van der Waals surface area contributed by atoms with Gasteiger partial charge in [0.25, 0.3) is 5.91 Å². The molecule has 0 radical (unpaired) electrons. The molecule has 5 heteroatoms. The van der Waals surface area contributed by atoms with Crippen LogP contribution in [0.4, 0.5) is 0 Å². The van der Waals surface area contributed by atoms with Crippen LogP contribution in [-0.2, 0) is 0 Å². The van der Waals surface area contributed by atoms with Gasteiger partial charge in [-0.1, -0.05) is 29.8 Å². The van der Waals surface area contributed by atoms with Gasteiger partial charge in [-0.15, -0.1) is 0 Å². The molecule has 0 bridgehead atoms. The smallest absolute Gasteiger partial charge is 0.265 e. The fourth-order valence-corrected chi connectivity index (χ4v) is 2.38. The Morgan fingerprint density at radius 3 is 2.70 bits per heavy atom. The monoisotopic (exact) mass is 286 g/mol. The highest BCUT2D eigenvalue weighted by molar-refractivity contribution is 6.33. The minimum absolute atomic E-state index is 0.349. The van der Waals surface area contributed by atoms with Gasteiger partial charge in [-0.2, -0.15) is 0 Å². The lowest BCUT2D eigenvalue weighted by Gasteiger charge is -2.03. The number of nitrogen functional groups attached to an aromatic ring is 1. The molecule has 2 aromatic carbocycles. The SMILES string of the molecule is NNC(=O)c1ccc2occ(-c3ccccc3Cl)c2c1. The molecule has 3 aromatic rings. The molecule has 1 amide bonds. The highest BCUT2D eigenvalue weighted by Crippen LogP contribution is 2.35. The summed E-state index contributed by atoms with van der Waals surface area (Å²) >= 11 is 6.20. The number of furan rings is 1. The highest BCUT2D eigenvalue weighted by Gasteiger charge is 2.13. The van der Waals surface area contributed by atoms with E-state index in [-0.39, 0.29) is 5.91 Å². The van der Waals surface area contributed by atoms with Gasteiger partial charge in [-0.3, -0.25) is 10.2 Å². The molecule has 0 fully saturated rings. The minimum Gasteiger partial charge on any atom is -0.464 e. The molecule has 0 aliphatic heterocycles. The zero-order valence-corrected chi connectivity index (χ0v) is 11.1. The van der Waals surface area contributed by atoms with Gasteiger partial charge in [0.05, 0.1) is 6.26 Å². The lowest BCUT2D eigenvalue weighted by molar-refractivity contribution is 0.0954. The topological polar surface area (TPSA) is 68.3 Å². The van der Waals surface area contributed by atoms with E-state index in [2.05, 4.69) is 5.43 Å². The Morgan fingerprint density at radius 1 is 1.15 bits per heavy atom. The number of hydrogen-bond acceptors (Lipinski definition) is 3. The normalized spacial score (nSPS) is 10.7. The highest BCUT2D eigenvalue weighted by atomic mass is 35.5. The fraction of sp³-hybridized carbons (Fsp3) is 0. The Hall–Kier alpha value is -2.30. The number of fused-ring (bicyclic) bond motifs is 1. The first kappa shape index (κ1) is 12.7. The molecule has 0 aliphatic carbocycles. The Labute approximate surface area is 120 Å². The van der Waals surface area contributed by atoms with Crippen LogP contribution in [0.5, 0.6) is 0 Å². The zero-order valence-electron chi connectivity index (χ0n) is 10.4. The van der Waals surface area contributed by atoms with Gasteiger partial charge in [-0.05, 0) is 24.3 Å². The van der Waals surface area contributed by atoms with Gasteiger partial charge in [0.15, 0.2) is 0 Å². The lowest BCUT2D eigenvalue weighted by Crippen LogP contribution is -2.29. The van der Waals surface area contributed by atoms with E-state index >= 15 is 0 Å². The molecule has 0 aliphatic rings. The number of halogens is 1. The largest absolute Gasteiger partial charge is 0.464 e. The van der Waals surface area contributed by atoms with Crippen molar-refractivity contribution < 1.29 is 9.21 Å². The van der Waals surface area contributed by atoms with Crippen molar-refractivity contribution in [2.75, 3.05) is 0 Å². The van der Waals surface area contributed by atoms with Crippen LogP contribution in [0.25, 0.3) is 22.1 Å². The first-order chi connectivity index (χ1) is 9.70. The third kappa shape index (κ3) is 2.05. The summed E-state index contributed by atoms with van der Waals surface area (Å²) in [6.07, 6.45) is 1.63. The van der Waals surface area contributed by atoms with Crippen molar-refractivity contribution in [2.24, 2.45) is 5.84 Å². The molecule has 0 unspecified atom stereocenters. The number of carbonyl (C=O) groups is 1. The molecule has 0 atom stereocenters. The lowest BCUT2D eigenvalue weighted by atomic mass is 10.0. The molecule has 3 rings (SSSR count). The van der Waals surface area contributed by atoms with E-state index in [1.165, 1.54) is 0 Å². The van der Waals surface area contributed by atoms with Gasteiger partial charge >= 0.3 is 0 Å². The molecular weight excluding hydrogens is 276 g/mol. The van der Waals surface area contributed by atoms with Crippen LogP contribution in [0.15, 0.2) is 53.1 Å². The first-order valence-electron chi connectivity index (χ1n) is 5.98. The molecule has 0 spiro atoms. The van der Waals surface area contributed by atoms with Crippen LogP contribution in [0.2, 0.25) is 5.02 Å². The van der Waals surface area contributed by atoms with E-state index in [0.717, 1.165) is 16.5 Å². The van der Waals surface area contributed by atoms with Crippen LogP contribution in [0.3, 0.4) is 0 Å². The third-order valence-electron chi connectivity index (χ3n) is 3.13. The van der Waals surface area contributed by atoms with Gasteiger partial charge in [0, 0.05) is 27.1 Å². The van der Waals surface area contributed by atoms with Crippen molar-refractivity contribution in [1.29, 1.82) is 0 Å². The number of rotatable bonds is 2. The summed E-state index contributed by atoms with van der Waals surface area (Å²) in [6, 6.07) is 12.6. The number of amides is 1. The Balaban J connectivity index is 2.22. The minimum atomic E-state index is -0.349. The summed E-state index contributed by atoms with van der Waals surface area (Å²) in [4.78, 5) is 11.6. The van der Waals surface area contributed by atoms with Crippen molar-refractivity contribution in [3.05, 3.63) is 59.3 Å². The van der Waals surface area contributed by atoms with Crippen LogP contribution in [-0.4, -0.2) is 5.91 Å². The Morgan fingerprint density at radius 2 is 1.95 bits per heavy atom. The maximum absolute atomic E-state index is 11.6. The predicted molar refractivity (Wildman–Crippen MR) is 78.3 cm³/mol. The number of nitrogens with one attached hydrogen (secondary N) is 1. The summed E-state index contributed by atoms with van der Waals surface area (Å²) in [5.41, 5.74) is 4.97. The number of carbonyl (C=O) groups excluding carboxylic acids is 1. The number of hydrogen-bond donors (Lipinski definition) is 2. The maximum atomic E-state index is 11.6. The standard InChI is InChI=1S/C15H11ClN2O2/c16-13-4-2-1-3-10(13)12-8-20-14-6-5-9(7-11(12)14)15(19)18-17/h1-8H,17H2,(H,18,19). The fourth-order valence-electron chi connectivity index (χ4n) is 2.14. The number of benzene rings is 2. The molecule has 0 saturated carbocycles. The van der Waals surface area contributed by atoms with Crippen LogP contribution < -0.4 is 11.3 Å². The number of hydrazine groups is 1. The van der Waals surface area contributed by atoms with Crippen molar-refractivity contribution in [3.63, 3.8) is 0 Å². The maximum Gasteiger partial charge on any atom is 0.265 e. The zero-order chi connectivity index (χ0) is 14.1. The van der Waals surface area contributed by atoms with E-state index in [4.69, 9.17) is 21.9 Å². The van der Waals surface area contributed by atoms with Crippen molar-refractivity contribution in [2.45, 2.75) is 0 Å². The van der Waals surface area contributed by atoms with E-state index in [1.54, 1.807) is 24.5 Å². The molecule has 1 heterocycles. The summed E-state index contributed by atoms with van der Waals surface area (Å²) in [5.74, 6) is 4.80. The summed E-state index contributed by atoms with van der Waals surface area (Å²) in [7, 11) is 0. The molecule has 100 valence electrons. The quantitative estimate of drug-likeness (QED) is 0.431. The van der Waals surface area contributed by atoms with Gasteiger partial charge < -0.3 is 4.42 Å². The van der Waals surface area contributed by atoms with Gasteiger partial charge in [0.2, 0.25) is 0 Å². The molecule has 0 saturated heterocycles. The van der Waals surface area contributed by atoms with E-state index in [0.29, 0.717) is 16.2 Å². The summed E-state index contributed by atoms with van der Waals surface area (Å²) < 4.78 is 5.51. The molecule has 1 aromatic heterocycles. The van der Waals surface area contributed by atoms with E-state index in [1.807, 2.05) is 24.3 Å². The number of nitrogens with two attached hydrogens (primary N) is 1. The van der Waals surface area contributed by atoms with Crippen molar-refractivity contribution in [3.8, 4) is 11.1 Å². The summed E-state index contributed by atoms with van der Waals surface area (Å²) in [5, 5.41) is 1.45. The second kappa shape index (κ2) is 5.00. The Kier molecular flexibility index (Phi) is 3.18. The average molecular weight is 287 g/mol. The summed E-state index contributed by atoms with van der Waals surface area (Å²) in [6.45, 7) is 0. The molecule has 4 nitrogen and oxygen atoms in total. The van der Waals surface area contributed by atoms with Gasteiger partial charge in [0.1, 0.15) is 5.58 Å². The molecular formula is C15H11ClN2O2. The van der Waals surface area contributed by atoms with E-state index in [9.17, 15) is 4.79 Å². The van der Waals surface area contributed by atoms with Crippen LogP contribution in [0.1, 0.15) is 10.4 Å². The van der Waals surface area contributed by atoms with Crippen LogP contribution in [0, 0.1) is 0 Å². The van der Waals surface area contributed by atoms with Crippen molar-refractivity contribution in [1.82, 2.24) is 5.43 Å². The van der Waals surface area contributed by atoms with E-state index < -0.39 is 0 Å². The van der Waals surface area contributed by atoms with Crippen LogP contribution >= 0.6 is 11.6 Å². The first-order valence-corrected chi connectivity index (χ1v) is 6.35. The third-order valence-corrected chi connectivity index (χ3v) is 3.46.